The highest BCUT2D eigenvalue weighted by atomic mass is 16.5. The number of Topliss-reactive ketones (excluding diaryl/α,β-unsaturated/α-hetero) is 1. The number of esters is 1. The third kappa shape index (κ3) is 2.80. The van der Waals surface area contributed by atoms with Gasteiger partial charge in [-0.25, -0.2) is 4.79 Å². The lowest BCUT2D eigenvalue weighted by molar-refractivity contribution is -0.135. The summed E-state index contributed by atoms with van der Waals surface area (Å²) in [5.74, 6) is -1.55. The van der Waals surface area contributed by atoms with Gasteiger partial charge in [-0.3, -0.25) is 9.59 Å². The van der Waals surface area contributed by atoms with Crippen molar-refractivity contribution in [1.29, 1.82) is 0 Å². The van der Waals surface area contributed by atoms with Crippen LogP contribution in [0.15, 0.2) is 48.5 Å². The van der Waals surface area contributed by atoms with Gasteiger partial charge >= 0.3 is 5.97 Å². The molecule has 0 amide bonds. The molecule has 20 heavy (non-hydrogen) atoms. The van der Waals surface area contributed by atoms with Crippen molar-refractivity contribution in [3.8, 4) is 11.1 Å². The number of rotatable bonds is 4. The molecule has 0 spiro atoms. The number of carbonyl (C=O) groups excluding carboxylic acids is 3. The molecule has 0 saturated carbocycles. The number of ether oxygens (including phenoxy) is 1. The molecule has 100 valence electrons. The SMILES string of the molecule is COC(=O)C(=O)c1ccc(-c2ccc(C=O)cc2)cc1. The maximum absolute atomic E-state index is 11.6. The van der Waals surface area contributed by atoms with Crippen LogP contribution in [-0.2, 0) is 9.53 Å². The normalized spacial score (nSPS) is 9.85. The van der Waals surface area contributed by atoms with E-state index in [4.69, 9.17) is 0 Å². The van der Waals surface area contributed by atoms with Crippen molar-refractivity contribution in [1.82, 2.24) is 0 Å². The molecule has 0 aliphatic rings. The van der Waals surface area contributed by atoms with Gasteiger partial charge in [0.2, 0.25) is 0 Å². The third-order valence-electron chi connectivity index (χ3n) is 2.90. The second kappa shape index (κ2) is 5.93. The van der Waals surface area contributed by atoms with E-state index in [-0.39, 0.29) is 5.56 Å². The first-order valence-electron chi connectivity index (χ1n) is 5.94. The Morgan fingerprint density at radius 2 is 1.40 bits per heavy atom. The van der Waals surface area contributed by atoms with Crippen LogP contribution in [0.2, 0.25) is 0 Å². The number of hydrogen-bond donors (Lipinski definition) is 0. The molecule has 4 nitrogen and oxygen atoms in total. The highest BCUT2D eigenvalue weighted by Crippen LogP contribution is 2.20. The van der Waals surface area contributed by atoms with Gasteiger partial charge in [0.1, 0.15) is 6.29 Å². The lowest BCUT2D eigenvalue weighted by Crippen LogP contribution is -2.15. The van der Waals surface area contributed by atoms with Crippen LogP contribution >= 0.6 is 0 Å². The molecule has 0 saturated heterocycles. The maximum atomic E-state index is 11.6. The topological polar surface area (TPSA) is 60.4 Å². The van der Waals surface area contributed by atoms with Crippen molar-refractivity contribution < 1.29 is 19.1 Å². The van der Waals surface area contributed by atoms with Crippen molar-refractivity contribution in [3.05, 3.63) is 59.7 Å². The molecule has 0 unspecified atom stereocenters. The third-order valence-corrected chi connectivity index (χ3v) is 2.90. The summed E-state index contributed by atoms with van der Waals surface area (Å²) in [7, 11) is 1.17. The number of aldehydes is 1. The maximum Gasteiger partial charge on any atom is 0.379 e. The number of carbonyl (C=O) groups is 3. The van der Waals surface area contributed by atoms with E-state index in [2.05, 4.69) is 4.74 Å². The van der Waals surface area contributed by atoms with Crippen LogP contribution in [0.3, 0.4) is 0 Å². The largest absolute Gasteiger partial charge is 0.463 e. The van der Waals surface area contributed by atoms with Gasteiger partial charge in [0, 0.05) is 11.1 Å². The van der Waals surface area contributed by atoms with Crippen LogP contribution in [-0.4, -0.2) is 25.1 Å². The summed E-state index contributed by atoms with van der Waals surface area (Å²) in [6.07, 6.45) is 0.780. The van der Waals surface area contributed by atoms with E-state index in [9.17, 15) is 14.4 Å². The van der Waals surface area contributed by atoms with E-state index in [0.717, 1.165) is 17.4 Å². The molecule has 0 N–H and O–H groups in total. The molecule has 2 rings (SSSR count). The fourth-order valence-corrected chi connectivity index (χ4v) is 1.78. The minimum absolute atomic E-state index is 0.283. The minimum Gasteiger partial charge on any atom is -0.463 e. The number of ketones is 1. The van der Waals surface area contributed by atoms with E-state index < -0.39 is 11.8 Å². The molecular formula is C16H12O4. The van der Waals surface area contributed by atoms with Crippen molar-refractivity contribution in [2.75, 3.05) is 7.11 Å². The summed E-state index contributed by atoms with van der Waals surface area (Å²) in [4.78, 5) is 33.3. The summed E-state index contributed by atoms with van der Waals surface area (Å²) in [5, 5.41) is 0. The molecule has 0 heterocycles. The lowest BCUT2D eigenvalue weighted by Gasteiger charge is -2.03. The lowest BCUT2D eigenvalue weighted by atomic mass is 10.0. The molecular weight excluding hydrogens is 256 g/mol. The number of hydrogen-bond acceptors (Lipinski definition) is 4. The minimum atomic E-state index is -0.881. The molecule has 2 aromatic carbocycles. The molecule has 0 aliphatic carbocycles. The standard InChI is InChI=1S/C16H12O4/c1-20-16(19)15(18)14-8-6-13(7-9-14)12-4-2-11(10-17)3-5-12/h2-10H,1H3. The fourth-order valence-electron chi connectivity index (χ4n) is 1.78. The first-order chi connectivity index (χ1) is 9.65. The zero-order chi connectivity index (χ0) is 14.5. The monoisotopic (exact) mass is 268 g/mol. The summed E-state index contributed by atoms with van der Waals surface area (Å²) in [6, 6.07) is 13.7. The van der Waals surface area contributed by atoms with Crippen LogP contribution in [0, 0.1) is 0 Å². The van der Waals surface area contributed by atoms with Gasteiger partial charge < -0.3 is 4.74 Å². The fraction of sp³-hybridized carbons (Fsp3) is 0.0625. The molecule has 2 aromatic rings. The van der Waals surface area contributed by atoms with E-state index in [0.29, 0.717) is 5.56 Å². The number of methoxy groups -OCH3 is 1. The zero-order valence-electron chi connectivity index (χ0n) is 10.8. The van der Waals surface area contributed by atoms with Gasteiger partial charge in [-0.2, -0.15) is 0 Å². The highest BCUT2D eigenvalue weighted by Gasteiger charge is 2.16. The van der Waals surface area contributed by atoms with Crippen LogP contribution in [0.5, 0.6) is 0 Å². The van der Waals surface area contributed by atoms with E-state index in [1.807, 2.05) is 12.1 Å². The Morgan fingerprint density at radius 1 is 0.900 bits per heavy atom. The summed E-state index contributed by atoms with van der Waals surface area (Å²) < 4.78 is 4.39. The van der Waals surface area contributed by atoms with Crippen molar-refractivity contribution in [2.24, 2.45) is 0 Å². The van der Waals surface area contributed by atoms with Gasteiger partial charge in [0.25, 0.3) is 5.78 Å². The van der Waals surface area contributed by atoms with Gasteiger partial charge in [-0.05, 0) is 11.1 Å². The average Bonchev–Trinajstić information content (AvgIpc) is 2.53. The average molecular weight is 268 g/mol. The first-order valence-corrected chi connectivity index (χ1v) is 5.94. The Hall–Kier alpha value is -2.75. The molecule has 0 fully saturated rings. The Bertz CT molecular complexity index is 639. The van der Waals surface area contributed by atoms with Crippen LogP contribution in [0.1, 0.15) is 20.7 Å². The molecule has 4 heteroatoms. The molecule has 0 aromatic heterocycles. The highest BCUT2D eigenvalue weighted by molar-refractivity contribution is 6.40. The Labute approximate surface area is 116 Å². The summed E-state index contributed by atoms with van der Waals surface area (Å²) in [6.45, 7) is 0. The Balaban J connectivity index is 2.25. The van der Waals surface area contributed by atoms with Crippen molar-refractivity contribution >= 4 is 18.0 Å². The van der Waals surface area contributed by atoms with Gasteiger partial charge in [0.15, 0.2) is 0 Å². The van der Waals surface area contributed by atoms with Crippen LogP contribution in [0.4, 0.5) is 0 Å². The molecule has 0 radical (unpaired) electrons. The van der Waals surface area contributed by atoms with Gasteiger partial charge in [-0.15, -0.1) is 0 Å². The number of benzene rings is 2. The van der Waals surface area contributed by atoms with Crippen molar-refractivity contribution in [3.63, 3.8) is 0 Å². The van der Waals surface area contributed by atoms with Crippen LogP contribution < -0.4 is 0 Å². The summed E-state index contributed by atoms with van der Waals surface area (Å²) >= 11 is 0. The predicted octanol–water partition coefficient (Wildman–Crippen LogP) is 2.52. The first kappa shape index (κ1) is 13.7. The second-order valence-electron chi connectivity index (χ2n) is 4.14. The van der Waals surface area contributed by atoms with Crippen LogP contribution in [0.25, 0.3) is 11.1 Å². The van der Waals surface area contributed by atoms with Gasteiger partial charge in [0.05, 0.1) is 7.11 Å². The summed E-state index contributed by atoms with van der Waals surface area (Å²) in [5.41, 5.74) is 2.70. The molecule has 0 atom stereocenters. The van der Waals surface area contributed by atoms with E-state index in [1.165, 1.54) is 7.11 Å². The molecule has 0 bridgehead atoms. The molecule has 0 aliphatic heterocycles. The van der Waals surface area contributed by atoms with Gasteiger partial charge in [-0.1, -0.05) is 48.5 Å². The van der Waals surface area contributed by atoms with E-state index >= 15 is 0 Å². The predicted molar refractivity (Wildman–Crippen MR) is 73.6 cm³/mol. The quantitative estimate of drug-likeness (QED) is 0.370. The second-order valence-corrected chi connectivity index (χ2v) is 4.14. The Morgan fingerprint density at radius 3 is 1.85 bits per heavy atom. The smallest absolute Gasteiger partial charge is 0.379 e. The zero-order valence-corrected chi connectivity index (χ0v) is 10.8. The Kier molecular flexibility index (Phi) is 4.05. The van der Waals surface area contributed by atoms with E-state index in [1.54, 1.807) is 36.4 Å². The van der Waals surface area contributed by atoms with Crippen molar-refractivity contribution in [2.45, 2.75) is 0 Å².